The van der Waals surface area contributed by atoms with Crippen LogP contribution >= 0.6 is 0 Å². The molecule has 0 aliphatic heterocycles. The van der Waals surface area contributed by atoms with Gasteiger partial charge in [-0.25, -0.2) is 24.2 Å². The van der Waals surface area contributed by atoms with E-state index >= 15 is 0 Å². The lowest BCUT2D eigenvalue weighted by atomic mass is 10.1. The second kappa shape index (κ2) is 15.0. The number of hydrogen-bond acceptors (Lipinski definition) is 11. The van der Waals surface area contributed by atoms with Crippen LogP contribution in [0, 0.1) is 0 Å². The summed E-state index contributed by atoms with van der Waals surface area (Å²) in [5.41, 5.74) is 16.5. The summed E-state index contributed by atoms with van der Waals surface area (Å²) in [6.07, 6.45) is -2.06. The Bertz CT molecular complexity index is 1770. The number of imidazole rings is 1. The van der Waals surface area contributed by atoms with E-state index in [1.165, 1.54) is 0 Å². The molecule has 242 valence electrons. The zero-order valence-electron chi connectivity index (χ0n) is 24.5. The molecule has 0 atom stereocenters. The van der Waals surface area contributed by atoms with Gasteiger partial charge in [0.15, 0.2) is 23.1 Å². The summed E-state index contributed by atoms with van der Waals surface area (Å²) in [5.74, 6) is -1.86. The first kappa shape index (κ1) is 33.4. The van der Waals surface area contributed by atoms with E-state index in [1.54, 1.807) is 18.3 Å². The Balaban J connectivity index is 0.000000617. The third-order valence-corrected chi connectivity index (χ3v) is 6.52. The highest BCUT2D eigenvalue weighted by molar-refractivity contribution is 5.96. The molecule has 0 amide bonds. The Morgan fingerprint density at radius 3 is 2.26 bits per heavy atom. The first-order chi connectivity index (χ1) is 22.0. The van der Waals surface area contributed by atoms with Crippen molar-refractivity contribution in [3.63, 3.8) is 0 Å². The Morgan fingerprint density at radius 1 is 1.00 bits per heavy atom. The van der Waals surface area contributed by atoms with Crippen LogP contribution in [0.1, 0.15) is 35.7 Å². The quantitative estimate of drug-likeness (QED) is 0.131. The molecule has 3 heterocycles. The predicted molar refractivity (Wildman–Crippen MR) is 159 cm³/mol. The molecule has 0 aliphatic rings. The van der Waals surface area contributed by atoms with E-state index in [4.69, 9.17) is 40.5 Å². The van der Waals surface area contributed by atoms with Gasteiger partial charge >= 0.3 is 18.1 Å². The molecule has 0 spiro atoms. The van der Waals surface area contributed by atoms with Crippen molar-refractivity contribution in [2.45, 2.75) is 39.0 Å². The number of fused-ring (bicyclic) bond motifs is 1. The van der Waals surface area contributed by atoms with Crippen molar-refractivity contribution in [1.82, 2.24) is 24.8 Å². The number of carboxylic acid groups (broad SMARTS) is 1. The van der Waals surface area contributed by atoms with E-state index in [0.717, 1.165) is 16.6 Å². The lowest BCUT2D eigenvalue weighted by Crippen LogP contribution is -2.21. The van der Waals surface area contributed by atoms with Crippen molar-refractivity contribution in [2.75, 3.05) is 18.9 Å². The van der Waals surface area contributed by atoms with Gasteiger partial charge in [-0.1, -0.05) is 42.5 Å². The van der Waals surface area contributed by atoms with Crippen molar-refractivity contribution < 1.29 is 42.0 Å². The number of esters is 1. The zero-order chi connectivity index (χ0) is 33.3. The lowest BCUT2D eigenvalue weighted by molar-refractivity contribution is -0.192. The summed E-state index contributed by atoms with van der Waals surface area (Å²) in [7, 11) is 0. The number of rotatable bonds is 11. The number of unbranched alkanes of at least 4 members (excludes halogenated alkanes) is 1. The lowest BCUT2D eigenvalue weighted by Gasteiger charge is -2.12. The fraction of sp³-hybridized carbons (Fsp3) is 0.267. The number of benzene rings is 2. The molecule has 46 heavy (non-hydrogen) atoms. The molecule has 5 N–H and O–H groups in total. The standard InChI is InChI=1S/C28H29N7O4.C2HF3O2/c1-2-35-25-21(37-14-6-7-15-38-28(36)20-12-10-18(16-29)11-13-20)17-31-22(19-8-4-3-5-9-19)23(25)32-27(35)24-26(30)34-39-33-24;3-2(4,5)1(6)7/h3-5,8-13,17H,2,6-7,14-16,29H2,1H3,(H2,30,34);(H,6,7). The molecule has 0 unspecified atom stereocenters. The molecule has 0 radical (unpaired) electrons. The molecular formula is C30H30F3N7O6. The number of pyridine rings is 1. The minimum absolute atomic E-state index is 0.154. The summed E-state index contributed by atoms with van der Waals surface area (Å²) in [6.45, 7) is 3.70. The number of aromatic nitrogens is 5. The average Bonchev–Trinajstić information content (AvgIpc) is 3.66. The molecule has 0 aliphatic carbocycles. The smallest absolute Gasteiger partial charge is 0.490 e. The maximum atomic E-state index is 12.3. The number of ether oxygens (including phenoxy) is 2. The normalized spacial score (nSPS) is 11.2. The molecule has 0 saturated heterocycles. The molecular weight excluding hydrogens is 611 g/mol. The first-order valence-electron chi connectivity index (χ1n) is 14.0. The number of aliphatic carboxylic acids is 1. The number of nitrogen functional groups attached to an aromatic ring is 1. The Labute approximate surface area is 259 Å². The van der Waals surface area contributed by atoms with Crippen LogP contribution in [-0.4, -0.2) is 61.3 Å². The zero-order valence-corrected chi connectivity index (χ0v) is 24.5. The molecule has 3 aromatic heterocycles. The van der Waals surface area contributed by atoms with E-state index in [0.29, 0.717) is 66.6 Å². The van der Waals surface area contributed by atoms with Crippen LogP contribution in [0.4, 0.5) is 19.0 Å². The molecule has 13 nitrogen and oxygen atoms in total. The number of anilines is 1. The number of nitrogens with zero attached hydrogens (tertiary/aromatic N) is 5. The molecule has 2 aromatic carbocycles. The molecule has 0 fully saturated rings. The van der Waals surface area contributed by atoms with Crippen LogP contribution < -0.4 is 16.2 Å². The van der Waals surface area contributed by atoms with Crippen molar-refractivity contribution in [2.24, 2.45) is 5.73 Å². The second-order valence-electron chi connectivity index (χ2n) is 9.61. The van der Waals surface area contributed by atoms with E-state index in [1.807, 2.05) is 54.0 Å². The average molecular weight is 642 g/mol. The highest BCUT2D eigenvalue weighted by atomic mass is 19.4. The molecule has 5 aromatic rings. The minimum Gasteiger partial charge on any atom is -0.490 e. The third kappa shape index (κ3) is 7.95. The van der Waals surface area contributed by atoms with E-state index < -0.39 is 12.1 Å². The largest absolute Gasteiger partial charge is 0.490 e. The number of hydrogen-bond donors (Lipinski definition) is 3. The number of carbonyl (C=O) groups is 2. The number of aryl methyl sites for hydroxylation is 1. The van der Waals surface area contributed by atoms with E-state index in [9.17, 15) is 18.0 Å². The highest BCUT2D eigenvalue weighted by Crippen LogP contribution is 2.36. The molecule has 0 saturated carbocycles. The molecule has 0 bridgehead atoms. The van der Waals surface area contributed by atoms with Crippen molar-refractivity contribution in [3.05, 3.63) is 71.9 Å². The SMILES string of the molecule is CCn1c(-c2nonc2N)nc2c(-c3ccccc3)ncc(OCCCCOC(=O)c3ccc(CN)cc3)c21.O=C(O)C(F)(F)F. The monoisotopic (exact) mass is 641 g/mol. The van der Waals surface area contributed by atoms with Crippen LogP contribution in [0.25, 0.3) is 33.8 Å². The number of carboxylic acids is 1. The van der Waals surface area contributed by atoms with Gasteiger partial charge < -0.3 is 30.6 Å². The summed E-state index contributed by atoms with van der Waals surface area (Å²) in [4.78, 5) is 30.7. The Hall–Kier alpha value is -5.51. The maximum Gasteiger partial charge on any atom is 0.490 e. The van der Waals surface area contributed by atoms with Crippen molar-refractivity contribution >= 4 is 28.8 Å². The fourth-order valence-electron chi connectivity index (χ4n) is 4.28. The summed E-state index contributed by atoms with van der Waals surface area (Å²) in [6, 6.07) is 16.9. The van der Waals surface area contributed by atoms with Gasteiger partial charge in [0.25, 0.3) is 0 Å². The molecule has 16 heteroatoms. The fourth-order valence-corrected chi connectivity index (χ4v) is 4.28. The number of carbonyl (C=O) groups excluding carboxylic acids is 1. The summed E-state index contributed by atoms with van der Waals surface area (Å²) in [5, 5.41) is 14.8. The first-order valence-corrected chi connectivity index (χ1v) is 14.0. The van der Waals surface area contributed by atoms with Gasteiger partial charge in [0, 0.05) is 18.7 Å². The predicted octanol–water partition coefficient (Wildman–Crippen LogP) is 4.86. The molecule has 5 rings (SSSR count). The van der Waals surface area contributed by atoms with E-state index in [2.05, 4.69) is 15.3 Å². The second-order valence-corrected chi connectivity index (χ2v) is 9.61. The van der Waals surface area contributed by atoms with Gasteiger partial charge in [-0.3, -0.25) is 0 Å². The van der Waals surface area contributed by atoms with Gasteiger partial charge in [-0.05, 0) is 47.8 Å². The van der Waals surface area contributed by atoms with Gasteiger partial charge in [0.2, 0.25) is 0 Å². The van der Waals surface area contributed by atoms with Gasteiger partial charge in [0.1, 0.15) is 11.0 Å². The van der Waals surface area contributed by atoms with Crippen LogP contribution in [0.15, 0.2) is 65.4 Å². The minimum atomic E-state index is -5.08. The Kier molecular flexibility index (Phi) is 10.9. The Morgan fingerprint density at radius 2 is 1.67 bits per heavy atom. The summed E-state index contributed by atoms with van der Waals surface area (Å²) < 4.78 is 50.1. The van der Waals surface area contributed by atoms with Gasteiger partial charge in [-0.15, -0.1) is 0 Å². The highest BCUT2D eigenvalue weighted by Gasteiger charge is 2.38. The maximum absolute atomic E-state index is 12.3. The van der Waals surface area contributed by atoms with Crippen molar-refractivity contribution in [3.8, 4) is 28.5 Å². The number of alkyl halides is 3. The third-order valence-electron chi connectivity index (χ3n) is 6.52. The van der Waals surface area contributed by atoms with Crippen LogP contribution in [0.3, 0.4) is 0 Å². The number of nitrogens with two attached hydrogens (primary N) is 2. The topological polar surface area (TPSA) is 194 Å². The van der Waals surface area contributed by atoms with Crippen molar-refractivity contribution in [1.29, 1.82) is 0 Å². The van der Waals surface area contributed by atoms with Gasteiger partial charge in [0.05, 0.1) is 30.7 Å². The van der Waals surface area contributed by atoms with Crippen LogP contribution in [0.5, 0.6) is 5.75 Å². The number of halogens is 3. The summed E-state index contributed by atoms with van der Waals surface area (Å²) >= 11 is 0. The van der Waals surface area contributed by atoms with E-state index in [-0.39, 0.29) is 18.4 Å². The van der Waals surface area contributed by atoms with Crippen LogP contribution in [0.2, 0.25) is 0 Å². The van der Waals surface area contributed by atoms with Crippen LogP contribution in [-0.2, 0) is 22.6 Å². The van der Waals surface area contributed by atoms with Gasteiger partial charge in [-0.2, -0.15) is 13.2 Å².